The molecule has 1 aliphatic heterocycles. The Kier molecular flexibility index (Phi) is 7.10. The molecular weight excluding hydrogens is 635 g/mol. The van der Waals surface area contributed by atoms with Gasteiger partial charge in [0.15, 0.2) is 11.5 Å². The van der Waals surface area contributed by atoms with Gasteiger partial charge < -0.3 is 19.1 Å². The van der Waals surface area contributed by atoms with Gasteiger partial charge in [0.25, 0.3) is 0 Å². The van der Waals surface area contributed by atoms with Gasteiger partial charge in [-0.3, -0.25) is 0 Å². The van der Waals surface area contributed by atoms with E-state index in [1.165, 1.54) is 32.9 Å². The number of para-hydroxylation sites is 5. The molecule has 1 aliphatic rings. The number of hydrogen-bond acceptors (Lipinski definition) is 3. The van der Waals surface area contributed by atoms with Gasteiger partial charge in [0.05, 0.1) is 22.4 Å². The molecule has 4 heteroatoms. The predicted molar refractivity (Wildman–Crippen MR) is 216 cm³/mol. The van der Waals surface area contributed by atoms with E-state index in [-0.39, 0.29) is 0 Å². The minimum absolute atomic E-state index is 0.799. The molecule has 0 bridgehead atoms. The molecule has 0 fully saturated rings. The third-order valence-corrected chi connectivity index (χ3v) is 9.94. The quantitative estimate of drug-likeness (QED) is 0.176. The summed E-state index contributed by atoms with van der Waals surface area (Å²) in [5.74, 6) is 1.62. The second kappa shape index (κ2) is 12.4. The average molecular weight is 668 g/mol. The first kappa shape index (κ1) is 29.8. The summed E-state index contributed by atoms with van der Waals surface area (Å²) in [6.45, 7) is 0. The highest BCUT2D eigenvalue weighted by Crippen LogP contribution is 2.52. The summed E-state index contributed by atoms with van der Waals surface area (Å²) in [5.41, 5.74) is 12.1. The number of aromatic nitrogens is 1. The number of hydrogen-bond donors (Lipinski definition) is 0. The van der Waals surface area contributed by atoms with Gasteiger partial charge in [-0.25, -0.2) is 0 Å². The molecule has 8 aromatic carbocycles. The minimum atomic E-state index is 0.799. The van der Waals surface area contributed by atoms with Crippen LogP contribution in [0.3, 0.4) is 0 Å². The summed E-state index contributed by atoms with van der Waals surface area (Å²) in [6, 6.07) is 70.7. The number of benzene rings is 8. The van der Waals surface area contributed by atoms with Gasteiger partial charge in [0.2, 0.25) is 0 Å². The van der Waals surface area contributed by atoms with Gasteiger partial charge in [-0.2, -0.15) is 0 Å². The normalized spacial score (nSPS) is 12.0. The first-order valence-corrected chi connectivity index (χ1v) is 17.6. The van der Waals surface area contributed by atoms with E-state index >= 15 is 0 Å². The molecule has 0 unspecified atom stereocenters. The number of ether oxygens (including phenoxy) is 1. The molecule has 246 valence electrons. The van der Waals surface area contributed by atoms with E-state index in [1.807, 2.05) is 12.1 Å². The van der Waals surface area contributed by atoms with Crippen LogP contribution in [0.1, 0.15) is 0 Å². The number of fused-ring (bicyclic) bond motifs is 5. The van der Waals surface area contributed by atoms with Crippen molar-refractivity contribution in [2.45, 2.75) is 0 Å². The fourth-order valence-electron chi connectivity index (χ4n) is 7.58. The van der Waals surface area contributed by atoms with Crippen molar-refractivity contribution in [1.29, 1.82) is 0 Å². The molecule has 0 spiro atoms. The van der Waals surface area contributed by atoms with Crippen molar-refractivity contribution >= 4 is 55.9 Å². The third kappa shape index (κ3) is 5.00. The Morgan fingerprint density at radius 3 is 1.71 bits per heavy atom. The summed E-state index contributed by atoms with van der Waals surface area (Å²) < 4.78 is 9.03. The van der Waals surface area contributed by atoms with Crippen LogP contribution < -0.4 is 14.5 Å². The molecule has 0 saturated carbocycles. The molecule has 9 aromatic rings. The summed E-state index contributed by atoms with van der Waals surface area (Å²) in [7, 11) is 0. The highest BCUT2D eigenvalue weighted by atomic mass is 16.5. The molecule has 1 aromatic heterocycles. The zero-order valence-corrected chi connectivity index (χ0v) is 28.3. The topological polar surface area (TPSA) is 20.6 Å². The summed E-state index contributed by atoms with van der Waals surface area (Å²) in [5, 5.41) is 2.41. The second-order valence-electron chi connectivity index (χ2n) is 13.0. The Balaban J connectivity index is 1.16. The highest BCUT2D eigenvalue weighted by Gasteiger charge is 2.27. The number of anilines is 6. The number of rotatable bonds is 6. The summed E-state index contributed by atoms with van der Waals surface area (Å²) >= 11 is 0. The van der Waals surface area contributed by atoms with Crippen molar-refractivity contribution < 1.29 is 4.74 Å². The molecule has 0 atom stereocenters. The van der Waals surface area contributed by atoms with E-state index in [2.05, 4.69) is 202 Å². The molecule has 0 N–H and O–H groups in total. The maximum absolute atomic E-state index is 6.68. The lowest BCUT2D eigenvalue weighted by Crippen LogP contribution is -2.16. The molecule has 0 aliphatic carbocycles. The zero-order valence-electron chi connectivity index (χ0n) is 28.3. The van der Waals surface area contributed by atoms with E-state index in [9.17, 15) is 0 Å². The summed E-state index contributed by atoms with van der Waals surface area (Å²) in [6.07, 6.45) is 0. The van der Waals surface area contributed by atoms with Crippen LogP contribution in [0.15, 0.2) is 200 Å². The van der Waals surface area contributed by atoms with E-state index in [0.29, 0.717) is 0 Å². The van der Waals surface area contributed by atoms with Crippen molar-refractivity contribution in [2.24, 2.45) is 0 Å². The fraction of sp³-hybridized carbons (Fsp3) is 0. The van der Waals surface area contributed by atoms with Crippen LogP contribution in [0.4, 0.5) is 34.1 Å². The molecule has 0 amide bonds. The zero-order chi connectivity index (χ0) is 34.4. The monoisotopic (exact) mass is 667 g/mol. The van der Waals surface area contributed by atoms with Crippen LogP contribution in [0, 0.1) is 0 Å². The highest BCUT2D eigenvalue weighted by molar-refractivity contribution is 6.10. The van der Waals surface area contributed by atoms with E-state index in [0.717, 1.165) is 51.3 Å². The number of nitrogens with zero attached hydrogens (tertiary/aromatic N) is 3. The first-order chi connectivity index (χ1) is 25.8. The van der Waals surface area contributed by atoms with Crippen LogP contribution in [0.25, 0.3) is 38.6 Å². The fourth-order valence-corrected chi connectivity index (χ4v) is 7.58. The predicted octanol–water partition coefficient (Wildman–Crippen LogP) is 13.5. The lowest BCUT2D eigenvalue weighted by atomic mass is 10.0. The minimum Gasteiger partial charge on any atom is -0.453 e. The lowest BCUT2D eigenvalue weighted by Gasteiger charge is -2.34. The standard InChI is InChI=1S/C48H33N3O/c1-4-14-34(15-5-1)35-24-26-38(27-25-35)49(39-28-30-44-42(32-39)41-20-10-11-21-43(41)50(44)36-16-6-2-7-17-36)40-29-31-46-48(33-40)52-47-23-13-12-22-45(47)51(46)37-18-8-3-9-19-37/h1-33H. The Morgan fingerprint density at radius 1 is 0.365 bits per heavy atom. The van der Waals surface area contributed by atoms with Crippen molar-refractivity contribution in [2.75, 3.05) is 9.80 Å². The second-order valence-corrected chi connectivity index (χ2v) is 13.0. The first-order valence-electron chi connectivity index (χ1n) is 17.6. The van der Waals surface area contributed by atoms with Gasteiger partial charge in [-0.05, 0) is 96.1 Å². The van der Waals surface area contributed by atoms with Crippen molar-refractivity contribution in [3.63, 3.8) is 0 Å². The SMILES string of the molecule is c1ccc(-c2ccc(N(c3ccc4c(c3)Oc3ccccc3N4c3ccccc3)c3ccc4c(c3)c3ccccc3n4-c3ccccc3)cc2)cc1. The van der Waals surface area contributed by atoms with Crippen LogP contribution in [0.2, 0.25) is 0 Å². The maximum Gasteiger partial charge on any atom is 0.153 e. The largest absolute Gasteiger partial charge is 0.453 e. The van der Waals surface area contributed by atoms with Crippen molar-refractivity contribution in [3.8, 4) is 28.3 Å². The molecule has 0 radical (unpaired) electrons. The molecule has 52 heavy (non-hydrogen) atoms. The van der Waals surface area contributed by atoms with Gasteiger partial charge in [0.1, 0.15) is 0 Å². The van der Waals surface area contributed by atoms with Crippen LogP contribution in [-0.4, -0.2) is 4.57 Å². The smallest absolute Gasteiger partial charge is 0.153 e. The molecule has 10 rings (SSSR count). The Labute approximate surface area is 302 Å². The molecule has 2 heterocycles. The Bertz CT molecular complexity index is 2700. The van der Waals surface area contributed by atoms with E-state index in [4.69, 9.17) is 4.74 Å². The van der Waals surface area contributed by atoms with Gasteiger partial charge in [0, 0.05) is 45.3 Å². The van der Waals surface area contributed by atoms with Gasteiger partial charge in [-0.15, -0.1) is 0 Å². The van der Waals surface area contributed by atoms with Crippen molar-refractivity contribution in [3.05, 3.63) is 200 Å². The molecule has 4 nitrogen and oxygen atoms in total. The molecule has 0 saturated heterocycles. The van der Waals surface area contributed by atoms with Crippen LogP contribution >= 0.6 is 0 Å². The van der Waals surface area contributed by atoms with E-state index < -0.39 is 0 Å². The van der Waals surface area contributed by atoms with Crippen LogP contribution in [0.5, 0.6) is 11.5 Å². The Morgan fingerprint density at radius 2 is 0.923 bits per heavy atom. The lowest BCUT2D eigenvalue weighted by molar-refractivity contribution is 0.477. The summed E-state index contributed by atoms with van der Waals surface area (Å²) in [4.78, 5) is 4.61. The Hall–Kier alpha value is -7.04. The van der Waals surface area contributed by atoms with Crippen molar-refractivity contribution in [1.82, 2.24) is 4.57 Å². The van der Waals surface area contributed by atoms with Crippen LogP contribution in [-0.2, 0) is 0 Å². The van der Waals surface area contributed by atoms with Gasteiger partial charge in [-0.1, -0.05) is 109 Å². The molecular formula is C48H33N3O. The van der Waals surface area contributed by atoms with E-state index in [1.54, 1.807) is 0 Å². The third-order valence-electron chi connectivity index (χ3n) is 9.94. The average Bonchev–Trinajstić information content (AvgIpc) is 3.55. The maximum atomic E-state index is 6.68. The van der Waals surface area contributed by atoms with Gasteiger partial charge >= 0.3 is 0 Å².